The lowest BCUT2D eigenvalue weighted by Crippen LogP contribution is -2.39. The second-order valence-electron chi connectivity index (χ2n) is 6.80. The molecule has 1 saturated heterocycles. The monoisotopic (exact) mass is 420 g/mol. The molecule has 9 heteroatoms. The third-order valence-corrected chi connectivity index (χ3v) is 6.17. The van der Waals surface area contributed by atoms with Gasteiger partial charge in [0.05, 0.1) is 10.6 Å². The number of amides is 1. The van der Waals surface area contributed by atoms with E-state index in [0.29, 0.717) is 36.8 Å². The van der Waals surface area contributed by atoms with Crippen LogP contribution in [0.25, 0.3) is 5.00 Å². The van der Waals surface area contributed by atoms with Crippen molar-refractivity contribution < 1.29 is 9.18 Å². The van der Waals surface area contributed by atoms with Crippen molar-refractivity contribution in [2.45, 2.75) is 19.3 Å². The van der Waals surface area contributed by atoms with Crippen LogP contribution in [0.1, 0.15) is 29.0 Å². The number of piperidine rings is 1. The number of nitrogens with zero attached hydrogens (tertiary/aromatic N) is 3. The van der Waals surface area contributed by atoms with Gasteiger partial charge in [-0.1, -0.05) is 11.6 Å². The molecule has 6 nitrogen and oxygen atoms in total. The van der Waals surface area contributed by atoms with Gasteiger partial charge < -0.3 is 4.90 Å². The van der Waals surface area contributed by atoms with Crippen LogP contribution in [0.3, 0.4) is 0 Å². The minimum absolute atomic E-state index is 0.128. The van der Waals surface area contributed by atoms with Gasteiger partial charge in [0.15, 0.2) is 0 Å². The van der Waals surface area contributed by atoms with Crippen molar-refractivity contribution in [3.05, 3.63) is 68.4 Å². The molecular formula is C19H18ClFN4O2S. The van der Waals surface area contributed by atoms with E-state index in [0.717, 1.165) is 23.9 Å². The Morgan fingerprint density at radius 3 is 2.79 bits per heavy atom. The Morgan fingerprint density at radius 1 is 1.32 bits per heavy atom. The van der Waals surface area contributed by atoms with E-state index < -0.39 is 5.82 Å². The highest BCUT2D eigenvalue weighted by molar-refractivity contribution is 7.12. The number of likely N-dealkylation sites (tertiary alicyclic amines) is 1. The molecule has 1 fully saturated rings. The van der Waals surface area contributed by atoms with Crippen molar-refractivity contribution in [3.63, 3.8) is 0 Å². The summed E-state index contributed by atoms with van der Waals surface area (Å²) in [6.45, 7) is 1.18. The maximum atomic E-state index is 13.2. The zero-order valence-electron chi connectivity index (χ0n) is 14.9. The van der Waals surface area contributed by atoms with Crippen LogP contribution in [0.4, 0.5) is 4.39 Å². The van der Waals surface area contributed by atoms with Crippen LogP contribution in [0.2, 0.25) is 5.02 Å². The molecule has 1 aliphatic rings. The number of hydrogen-bond acceptors (Lipinski definition) is 4. The molecular weight excluding hydrogens is 403 g/mol. The second kappa shape index (κ2) is 7.89. The summed E-state index contributed by atoms with van der Waals surface area (Å²) in [5.74, 6) is 0.384. The zero-order valence-corrected chi connectivity index (χ0v) is 16.5. The Bertz CT molecular complexity index is 1040. The molecule has 1 amide bonds. The molecule has 3 aromatic rings. The second-order valence-corrected chi connectivity index (χ2v) is 8.13. The summed E-state index contributed by atoms with van der Waals surface area (Å²) in [6.07, 6.45) is 2.27. The van der Waals surface area contributed by atoms with E-state index in [1.54, 1.807) is 9.47 Å². The minimum Gasteiger partial charge on any atom is -0.339 e. The van der Waals surface area contributed by atoms with Crippen LogP contribution < -0.4 is 5.69 Å². The molecule has 1 aliphatic heterocycles. The fraction of sp³-hybridized carbons (Fsp3) is 0.316. The fourth-order valence-corrected chi connectivity index (χ4v) is 4.52. The summed E-state index contributed by atoms with van der Waals surface area (Å²) < 4.78 is 14.8. The average molecular weight is 421 g/mol. The van der Waals surface area contributed by atoms with Gasteiger partial charge in [-0.3, -0.25) is 4.79 Å². The first-order valence-electron chi connectivity index (χ1n) is 8.97. The van der Waals surface area contributed by atoms with Crippen molar-refractivity contribution in [1.29, 1.82) is 0 Å². The van der Waals surface area contributed by atoms with Crippen LogP contribution in [0.5, 0.6) is 0 Å². The SMILES string of the molecule is O=C(c1ccc(F)cc1Cl)N1CCC(Cc2n[nH]c(=O)n2-c2cccs2)CC1. The van der Waals surface area contributed by atoms with Gasteiger partial charge in [-0.05, 0) is 54.5 Å². The van der Waals surface area contributed by atoms with Crippen LogP contribution >= 0.6 is 22.9 Å². The Kier molecular flexibility index (Phi) is 5.32. The molecule has 0 aliphatic carbocycles. The van der Waals surface area contributed by atoms with Gasteiger partial charge >= 0.3 is 5.69 Å². The molecule has 2 aromatic heterocycles. The van der Waals surface area contributed by atoms with Gasteiger partial charge in [-0.2, -0.15) is 5.10 Å². The zero-order chi connectivity index (χ0) is 19.7. The molecule has 1 N–H and O–H groups in total. The van der Waals surface area contributed by atoms with E-state index in [2.05, 4.69) is 10.2 Å². The van der Waals surface area contributed by atoms with Gasteiger partial charge in [-0.25, -0.2) is 18.9 Å². The molecule has 0 atom stereocenters. The molecule has 28 heavy (non-hydrogen) atoms. The highest BCUT2D eigenvalue weighted by Gasteiger charge is 2.26. The van der Waals surface area contributed by atoms with Crippen LogP contribution in [-0.4, -0.2) is 38.7 Å². The fourth-order valence-electron chi connectivity index (χ4n) is 3.52. The van der Waals surface area contributed by atoms with E-state index in [9.17, 15) is 14.0 Å². The smallest absolute Gasteiger partial charge is 0.339 e. The highest BCUT2D eigenvalue weighted by atomic mass is 35.5. The molecule has 0 saturated carbocycles. The van der Waals surface area contributed by atoms with Crippen molar-refractivity contribution >= 4 is 28.8 Å². The summed E-state index contributed by atoms with van der Waals surface area (Å²) in [7, 11) is 0. The first kappa shape index (κ1) is 18.9. The summed E-state index contributed by atoms with van der Waals surface area (Å²) in [4.78, 5) is 26.5. The van der Waals surface area contributed by atoms with Gasteiger partial charge in [0.2, 0.25) is 0 Å². The van der Waals surface area contributed by atoms with E-state index in [-0.39, 0.29) is 16.6 Å². The number of hydrogen-bond donors (Lipinski definition) is 1. The molecule has 0 radical (unpaired) electrons. The van der Waals surface area contributed by atoms with Crippen LogP contribution in [-0.2, 0) is 6.42 Å². The van der Waals surface area contributed by atoms with Crippen molar-refractivity contribution in [2.75, 3.05) is 13.1 Å². The highest BCUT2D eigenvalue weighted by Crippen LogP contribution is 2.25. The van der Waals surface area contributed by atoms with E-state index in [1.807, 2.05) is 17.5 Å². The van der Waals surface area contributed by atoms with Crippen LogP contribution in [0.15, 0.2) is 40.5 Å². The number of carbonyl (C=O) groups is 1. The van der Waals surface area contributed by atoms with Crippen molar-refractivity contribution in [1.82, 2.24) is 19.7 Å². The Balaban J connectivity index is 1.41. The summed E-state index contributed by atoms with van der Waals surface area (Å²) in [5.41, 5.74) is 0.0800. The molecule has 1 aromatic carbocycles. The number of nitrogens with one attached hydrogen (secondary N) is 1. The number of carbonyl (C=O) groups excluding carboxylic acids is 1. The summed E-state index contributed by atoms with van der Waals surface area (Å²) >= 11 is 7.50. The number of aromatic amines is 1. The maximum absolute atomic E-state index is 13.2. The predicted octanol–water partition coefficient (Wildman–Crippen LogP) is 3.51. The minimum atomic E-state index is -0.462. The van der Waals surface area contributed by atoms with Crippen LogP contribution in [0, 0.1) is 11.7 Å². The third kappa shape index (κ3) is 3.74. The molecule has 0 spiro atoms. The third-order valence-electron chi connectivity index (χ3n) is 5.00. The number of thiophene rings is 1. The maximum Gasteiger partial charge on any atom is 0.348 e. The molecule has 0 unspecified atom stereocenters. The van der Waals surface area contributed by atoms with Crippen molar-refractivity contribution in [2.24, 2.45) is 5.92 Å². The van der Waals surface area contributed by atoms with Crippen molar-refractivity contribution in [3.8, 4) is 5.00 Å². The van der Waals surface area contributed by atoms with Gasteiger partial charge in [0.25, 0.3) is 5.91 Å². The first-order chi connectivity index (χ1) is 13.5. The standard InChI is InChI=1S/C19H18ClFN4O2S/c20-15-11-13(21)3-4-14(15)18(26)24-7-5-12(6-8-24)10-16-22-23-19(27)25(16)17-2-1-9-28-17/h1-4,9,11-12H,5-8,10H2,(H,23,27). The first-order valence-corrected chi connectivity index (χ1v) is 10.2. The predicted molar refractivity (Wildman–Crippen MR) is 106 cm³/mol. The molecule has 3 heterocycles. The molecule has 0 bridgehead atoms. The average Bonchev–Trinajstić information content (AvgIpc) is 3.32. The number of aromatic nitrogens is 3. The summed E-state index contributed by atoms with van der Waals surface area (Å²) in [5, 5.41) is 9.60. The number of halogens is 2. The largest absolute Gasteiger partial charge is 0.348 e. The molecule has 146 valence electrons. The summed E-state index contributed by atoms with van der Waals surface area (Å²) in [6, 6.07) is 7.61. The van der Waals surface area contributed by atoms with Gasteiger partial charge in [-0.15, -0.1) is 11.3 Å². The number of rotatable bonds is 4. The normalized spacial score (nSPS) is 15.1. The molecule has 4 rings (SSSR count). The van der Waals surface area contributed by atoms with Gasteiger partial charge in [0.1, 0.15) is 16.6 Å². The van der Waals surface area contributed by atoms with E-state index in [4.69, 9.17) is 11.6 Å². The van der Waals surface area contributed by atoms with E-state index >= 15 is 0 Å². The topological polar surface area (TPSA) is 71.0 Å². The lowest BCUT2D eigenvalue weighted by Gasteiger charge is -2.32. The Morgan fingerprint density at radius 2 is 2.11 bits per heavy atom. The lowest BCUT2D eigenvalue weighted by molar-refractivity contribution is 0.0690. The van der Waals surface area contributed by atoms with E-state index in [1.165, 1.54) is 23.5 Å². The Labute approximate surface area is 169 Å². The lowest BCUT2D eigenvalue weighted by atomic mass is 9.93. The Hall–Kier alpha value is -2.45. The number of benzene rings is 1. The van der Waals surface area contributed by atoms with Gasteiger partial charge in [0, 0.05) is 19.5 Å². The number of H-pyrrole nitrogens is 1. The quantitative estimate of drug-likeness (QED) is 0.702.